The SMILES string of the molecule is CN=C(NCCN1CCOCC1)NCC1=CCCOC1. The van der Waals surface area contributed by atoms with Gasteiger partial charge in [0.25, 0.3) is 0 Å². The molecule has 0 radical (unpaired) electrons. The summed E-state index contributed by atoms with van der Waals surface area (Å²) in [5, 5.41) is 6.67. The van der Waals surface area contributed by atoms with Crippen LogP contribution in [0.1, 0.15) is 6.42 Å². The molecule has 0 spiro atoms. The van der Waals surface area contributed by atoms with Crippen LogP contribution in [0, 0.1) is 0 Å². The fourth-order valence-electron chi connectivity index (χ4n) is 2.31. The van der Waals surface area contributed by atoms with Crippen LogP contribution >= 0.6 is 0 Å². The van der Waals surface area contributed by atoms with Crippen molar-refractivity contribution >= 4 is 5.96 Å². The van der Waals surface area contributed by atoms with E-state index in [2.05, 4.69) is 26.6 Å². The van der Waals surface area contributed by atoms with E-state index in [0.717, 1.165) is 71.5 Å². The largest absolute Gasteiger partial charge is 0.379 e. The van der Waals surface area contributed by atoms with Crippen LogP contribution in [0.5, 0.6) is 0 Å². The molecular formula is C14H26N4O2. The average Bonchev–Trinajstić information content (AvgIpc) is 2.52. The minimum atomic E-state index is 0.734. The third kappa shape index (κ3) is 5.48. The highest BCUT2D eigenvalue weighted by molar-refractivity contribution is 5.79. The lowest BCUT2D eigenvalue weighted by atomic mass is 10.2. The Bertz CT molecular complexity index is 338. The van der Waals surface area contributed by atoms with Gasteiger partial charge in [-0.15, -0.1) is 0 Å². The second-order valence-corrected chi connectivity index (χ2v) is 5.01. The van der Waals surface area contributed by atoms with Crippen molar-refractivity contribution in [3.8, 4) is 0 Å². The summed E-state index contributed by atoms with van der Waals surface area (Å²) in [7, 11) is 1.80. The van der Waals surface area contributed by atoms with Crippen molar-refractivity contribution in [3.05, 3.63) is 11.6 Å². The maximum Gasteiger partial charge on any atom is 0.191 e. The molecule has 2 rings (SSSR count). The summed E-state index contributed by atoms with van der Waals surface area (Å²) in [4.78, 5) is 6.64. The Morgan fingerprint density at radius 1 is 1.25 bits per heavy atom. The molecule has 2 N–H and O–H groups in total. The molecule has 1 saturated heterocycles. The first-order valence-electron chi connectivity index (χ1n) is 7.39. The highest BCUT2D eigenvalue weighted by Gasteiger charge is 2.10. The monoisotopic (exact) mass is 282 g/mol. The topological polar surface area (TPSA) is 58.1 Å². The number of aliphatic imine (C=N–C) groups is 1. The van der Waals surface area contributed by atoms with Crippen molar-refractivity contribution in [1.82, 2.24) is 15.5 Å². The molecule has 0 aromatic rings. The predicted octanol–water partition coefficient (Wildman–Crippen LogP) is -0.170. The molecule has 2 aliphatic heterocycles. The van der Waals surface area contributed by atoms with Crippen molar-refractivity contribution in [1.29, 1.82) is 0 Å². The molecule has 114 valence electrons. The number of hydrogen-bond acceptors (Lipinski definition) is 4. The summed E-state index contributed by atoms with van der Waals surface area (Å²) >= 11 is 0. The van der Waals surface area contributed by atoms with Crippen molar-refractivity contribution < 1.29 is 9.47 Å². The molecule has 6 nitrogen and oxygen atoms in total. The lowest BCUT2D eigenvalue weighted by Crippen LogP contribution is -2.44. The molecule has 1 fully saturated rings. The average molecular weight is 282 g/mol. The van der Waals surface area contributed by atoms with Crippen LogP contribution in [0.2, 0.25) is 0 Å². The molecule has 6 heteroatoms. The van der Waals surface area contributed by atoms with Gasteiger partial charge in [-0.3, -0.25) is 9.89 Å². The second-order valence-electron chi connectivity index (χ2n) is 5.01. The zero-order valence-corrected chi connectivity index (χ0v) is 12.4. The second kappa shape index (κ2) is 8.94. The number of nitrogens with one attached hydrogen (secondary N) is 2. The van der Waals surface area contributed by atoms with Crippen molar-refractivity contribution in [2.45, 2.75) is 6.42 Å². The van der Waals surface area contributed by atoms with Gasteiger partial charge in [0.15, 0.2) is 5.96 Å². The normalized spacial score (nSPS) is 21.4. The molecule has 0 aliphatic carbocycles. The maximum absolute atomic E-state index is 5.42. The van der Waals surface area contributed by atoms with Crippen LogP contribution in [0.3, 0.4) is 0 Å². The van der Waals surface area contributed by atoms with Crippen LogP contribution in [0.4, 0.5) is 0 Å². The number of guanidine groups is 1. The minimum Gasteiger partial charge on any atom is -0.379 e. The highest BCUT2D eigenvalue weighted by atomic mass is 16.5. The van der Waals surface area contributed by atoms with E-state index in [4.69, 9.17) is 9.47 Å². The Hall–Kier alpha value is -1.11. The van der Waals surface area contributed by atoms with Crippen LogP contribution < -0.4 is 10.6 Å². The summed E-state index contributed by atoms with van der Waals surface area (Å²) in [6.45, 7) is 8.05. The Kier molecular flexibility index (Phi) is 6.83. The van der Waals surface area contributed by atoms with Crippen LogP contribution in [0.25, 0.3) is 0 Å². The summed E-state index contributed by atoms with van der Waals surface area (Å²) in [5.74, 6) is 0.852. The lowest BCUT2D eigenvalue weighted by Gasteiger charge is -2.26. The molecule has 0 aromatic heterocycles. The van der Waals surface area contributed by atoms with Gasteiger partial charge in [-0.2, -0.15) is 0 Å². The molecular weight excluding hydrogens is 256 g/mol. The molecule has 0 saturated carbocycles. The van der Waals surface area contributed by atoms with E-state index in [1.54, 1.807) is 7.05 Å². The van der Waals surface area contributed by atoms with Gasteiger partial charge in [-0.1, -0.05) is 6.08 Å². The molecule has 2 heterocycles. The van der Waals surface area contributed by atoms with E-state index in [9.17, 15) is 0 Å². The number of nitrogens with zero attached hydrogens (tertiary/aromatic N) is 2. The molecule has 20 heavy (non-hydrogen) atoms. The molecule has 0 atom stereocenters. The summed E-state index contributed by atoms with van der Waals surface area (Å²) < 4.78 is 10.8. The number of morpholine rings is 1. The Morgan fingerprint density at radius 3 is 2.80 bits per heavy atom. The first-order chi connectivity index (χ1) is 9.88. The van der Waals surface area contributed by atoms with E-state index >= 15 is 0 Å². The Morgan fingerprint density at radius 2 is 2.10 bits per heavy atom. The third-order valence-electron chi connectivity index (χ3n) is 3.51. The summed E-state index contributed by atoms with van der Waals surface area (Å²) in [5.41, 5.74) is 1.30. The van der Waals surface area contributed by atoms with Gasteiger partial charge in [0.1, 0.15) is 0 Å². The van der Waals surface area contributed by atoms with Gasteiger partial charge in [-0.05, 0) is 12.0 Å². The fourth-order valence-corrected chi connectivity index (χ4v) is 2.31. The van der Waals surface area contributed by atoms with Gasteiger partial charge in [-0.25, -0.2) is 0 Å². The van der Waals surface area contributed by atoms with Gasteiger partial charge >= 0.3 is 0 Å². The van der Waals surface area contributed by atoms with Crippen LogP contribution in [0.15, 0.2) is 16.6 Å². The maximum atomic E-state index is 5.42. The van der Waals surface area contributed by atoms with E-state index < -0.39 is 0 Å². The summed E-state index contributed by atoms with van der Waals surface area (Å²) in [6, 6.07) is 0. The van der Waals surface area contributed by atoms with Crippen molar-refractivity contribution in [2.24, 2.45) is 4.99 Å². The van der Waals surface area contributed by atoms with Crippen LogP contribution in [-0.4, -0.2) is 77.1 Å². The number of rotatable bonds is 5. The molecule has 0 aromatic carbocycles. The van der Waals surface area contributed by atoms with Gasteiger partial charge in [0.05, 0.1) is 26.4 Å². The molecule has 2 aliphatic rings. The van der Waals surface area contributed by atoms with Gasteiger partial charge in [0.2, 0.25) is 0 Å². The Labute approximate surface area is 121 Å². The third-order valence-corrected chi connectivity index (χ3v) is 3.51. The van der Waals surface area contributed by atoms with E-state index in [1.165, 1.54) is 5.57 Å². The van der Waals surface area contributed by atoms with E-state index in [-0.39, 0.29) is 0 Å². The number of hydrogen-bond donors (Lipinski definition) is 2. The zero-order chi connectivity index (χ0) is 14.0. The first kappa shape index (κ1) is 15.3. The quantitative estimate of drug-likeness (QED) is 0.416. The first-order valence-corrected chi connectivity index (χ1v) is 7.39. The fraction of sp³-hybridized carbons (Fsp3) is 0.786. The summed E-state index contributed by atoms with van der Waals surface area (Å²) in [6.07, 6.45) is 3.26. The zero-order valence-electron chi connectivity index (χ0n) is 12.4. The molecule has 0 bridgehead atoms. The van der Waals surface area contributed by atoms with Gasteiger partial charge < -0.3 is 20.1 Å². The minimum absolute atomic E-state index is 0.734. The highest BCUT2D eigenvalue weighted by Crippen LogP contribution is 2.03. The van der Waals surface area contributed by atoms with Crippen LogP contribution in [-0.2, 0) is 9.47 Å². The predicted molar refractivity (Wildman–Crippen MR) is 80.1 cm³/mol. The molecule has 0 unspecified atom stereocenters. The van der Waals surface area contributed by atoms with Gasteiger partial charge in [0, 0.05) is 39.8 Å². The van der Waals surface area contributed by atoms with E-state index in [0.29, 0.717) is 0 Å². The van der Waals surface area contributed by atoms with Crippen molar-refractivity contribution in [3.63, 3.8) is 0 Å². The lowest BCUT2D eigenvalue weighted by molar-refractivity contribution is 0.0389. The van der Waals surface area contributed by atoms with Crippen molar-refractivity contribution in [2.75, 3.05) is 66.2 Å². The number of ether oxygens (including phenoxy) is 2. The van der Waals surface area contributed by atoms with E-state index in [1.807, 2.05) is 0 Å². The smallest absolute Gasteiger partial charge is 0.191 e. The molecule has 0 amide bonds. The standard InChI is InChI=1S/C14H26N4O2/c1-15-14(17-11-13-3-2-8-20-12-13)16-4-5-18-6-9-19-10-7-18/h3H,2,4-12H2,1H3,(H2,15,16,17). The Balaban J connectivity index is 1.60.